The van der Waals surface area contributed by atoms with E-state index in [4.69, 9.17) is 0 Å². The van der Waals surface area contributed by atoms with Crippen molar-refractivity contribution in [2.75, 3.05) is 11.9 Å². The molecule has 1 aromatic carbocycles. The minimum atomic E-state index is -0.336. The van der Waals surface area contributed by atoms with Crippen molar-refractivity contribution >= 4 is 39.8 Å². The van der Waals surface area contributed by atoms with E-state index in [-0.39, 0.29) is 29.0 Å². The second-order valence-electron chi connectivity index (χ2n) is 9.41. The van der Waals surface area contributed by atoms with Crippen molar-refractivity contribution < 1.29 is 9.59 Å². The summed E-state index contributed by atoms with van der Waals surface area (Å²) in [6.07, 6.45) is 0. The normalized spacial score (nSPS) is 15.6. The van der Waals surface area contributed by atoms with Crippen LogP contribution in [0.5, 0.6) is 0 Å². The molecule has 1 aliphatic heterocycles. The number of hydrogen-bond donors (Lipinski definition) is 2. The second-order valence-corrected chi connectivity index (χ2v) is 9.41. The number of carbonyl (C=O) groups is 2. The number of benzene rings is 1. The van der Waals surface area contributed by atoms with Gasteiger partial charge in [-0.15, -0.1) is 0 Å². The van der Waals surface area contributed by atoms with Crippen LogP contribution in [0.15, 0.2) is 42.5 Å². The van der Waals surface area contributed by atoms with Gasteiger partial charge in [0.05, 0.1) is 11.0 Å². The molecule has 0 saturated heterocycles. The molecule has 0 bridgehead atoms. The Kier molecular flexibility index (Phi) is 4.54. The molecular formula is C24H26N6O2. The molecule has 164 valence electrons. The highest BCUT2D eigenvalue weighted by Crippen LogP contribution is 2.28. The van der Waals surface area contributed by atoms with E-state index in [1.54, 1.807) is 6.07 Å². The van der Waals surface area contributed by atoms with Gasteiger partial charge >= 0.3 is 0 Å². The van der Waals surface area contributed by atoms with Crippen LogP contribution < -0.4 is 10.6 Å². The lowest BCUT2D eigenvalue weighted by atomic mass is 9.94. The van der Waals surface area contributed by atoms with Crippen LogP contribution in [-0.2, 0) is 6.54 Å². The third kappa shape index (κ3) is 3.32. The zero-order valence-corrected chi connectivity index (χ0v) is 18.6. The minimum Gasteiger partial charge on any atom is -0.350 e. The van der Waals surface area contributed by atoms with Gasteiger partial charge in [0.2, 0.25) is 5.95 Å². The summed E-state index contributed by atoms with van der Waals surface area (Å²) in [7, 11) is 0. The molecule has 8 heteroatoms. The first-order chi connectivity index (χ1) is 15.2. The van der Waals surface area contributed by atoms with Gasteiger partial charge in [0.1, 0.15) is 17.0 Å². The summed E-state index contributed by atoms with van der Waals surface area (Å²) in [6.45, 7) is 9.52. The number of carbonyl (C=O) groups excluding carboxylic acids is 2. The van der Waals surface area contributed by atoms with Crippen molar-refractivity contribution in [3.63, 3.8) is 0 Å². The summed E-state index contributed by atoms with van der Waals surface area (Å²) in [5, 5.41) is 6.74. The van der Waals surface area contributed by atoms with Crippen molar-refractivity contribution in [3.8, 4) is 0 Å². The fourth-order valence-electron chi connectivity index (χ4n) is 4.32. The van der Waals surface area contributed by atoms with Crippen LogP contribution in [0.2, 0.25) is 0 Å². The highest BCUT2D eigenvalue weighted by atomic mass is 16.2. The molecule has 5 rings (SSSR count). The standard InChI is InChI=1S/C24H26N6O2/c1-14(2)30-18-8-6-5-7-16(18)27-23(30)28-21(31)17-10-9-15-11-19-22(32)25-12-24(3,4)13-29(19)20(15)26-17/h5-11,14H,12-13H2,1-4H3,(H,25,32)(H,27,28,31). The number of hydrogen-bond acceptors (Lipinski definition) is 4. The van der Waals surface area contributed by atoms with Crippen LogP contribution in [0.1, 0.15) is 54.7 Å². The Morgan fingerprint density at radius 1 is 1.16 bits per heavy atom. The number of nitrogens with zero attached hydrogens (tertiary/aromatic N) is 4. The molecule has 4 aromatic rings. The molecule has 0 spiro atoms. The van der Waals surface area contributed by atoms with Crippen molar-refractivity contribution in [2.24, 2.45) is 5.41 Å². The van der Waals surface area contributed by atoms with Crippen molar-refractivity contribution in [2.45, 2.75) is 40.3 Å². The summed E-state index contributed by atoms with van der Waals surface area (Å²) < 4.78 is 3.92. The van der Waals surface area contributed by atoms with Gasteiger partial charge in [0.15, 0.2) is 0 Å². The number of fused-ring (bicyclic) bond motifs is 4. The molecule has 4 heterocycles. The molecule has 2 N–H and O–H groups in total. The number of imidazole rings is 1. The van der Waals surface area contributed by atoms with Gasteiger partial charge < -0.3 is 14.5 Å². The first-order valence-corrected chi connectivity index (χ1v) is 10.8. The molecule has 8 nitrogen and oxygen atoms in total. The second kappa shape index (κ2) is 7.19. The summed E-state index contributed by atoms with van der Waals surface area (Å²) in [4.78, 5) is 35.0. The van der Waals surface area contributed by atoms with Crippen molar-refractivity contribution in [3.05, 3.63) is 53.9 Å². The number of amides is 2. The number of anilines is 1. The number of nitrogens with one attached hydrogen (secondary N) is 2. The summed E-state index contributed by atoms with van der Waals surface area (Å²) in [6, 6.07) is 13.3. The Balaban J connectivity index is 1.54. The topological polar surface area (TPSA) is 93.8 Å². The maximum atomic E-state index is 13.1. The third-order valence-electron chi connectivity index (χ3n) is 5.86. The fourth-order valence-corrected chi connectivity index (χ4v) is 4.32. The van der Waals surface area contributed by atoms with E-state index < -0.39 is 0 Å². The van der Waals surface area contributed by atoms with E-state index in [2.05, 4.69) is 48.3 Å². The number of rotatable bonds is 3. The van der Waals surface area contributed by atoms with Crippen LogP contribution in [0.25, 0.3) is 22.1 Å². The Hall–Kier alpha value is -3.68. The largest absolute Gasteiger partial charge is 0.350 e. The highest BCUT2D eigenvalue weighted by Gasteiger charge is 2.29. The smallest absolute Gasteiger partial charge is 0.276 e. The monoisotopic (exact) mass is 430 g/mol. The average Bonchev–Trinajstić information content (AvgIpc) is 3.26. The van der Waals surface area contributed by atoms with Gasteiger partial charge in [-0.05, 0) is 44.2 Å². The fraction of sp³-hybridized carbons (Fsp3) is 0.333. The first kappa shape index (κ1) is 20.2. The minimum absolute atomic E-state index is 0.120. The molecule has 2 amide bonds. The average molecular weight is 431 g/mol. The Morgan fingerprint density at radius 3 is 2.72 bits per heavy atom. The van der Waals surface area contributed by atoms with Crippen LogP contribution in [0.4, 0.5) is 5.95 Å². The summed E-state index contributed by atoms with van der Waals surface area (Å²) >= 11 is 0. The van der Waals surface area contributed by atoms with Gasteiger partial charge in [-0.25, -0.2) is 9.97 Å². The summed E-state index contributed by atoms with van der Waals surface area (Å²) in [5.41, 5.74) is 3.14. The quantitative estimate of drug-likeness (QED) is 0.514. The lowest BCUT2D eigenvalue weighted by Gasteiger charge is -2.22. The Labute approximate surface area is 185 Å². The maximum Gasteiger partial charge on any atom is 0.276 e. The van der Waals surface area contributed by atoms with Gasteiger partial charge in [-0.3, -0.25) is 14.9 Å². The van der Waals surface area contributed by atoms with Gasteiger partial charge in [0, 0.05) is 29.9 Å². The molecule has 0 atom stereocenters. The lowest BCUT2D eigenvalue weighted by Crippen LogP contribution is -2.31. The molecule has 0 radical (unpaired) electrons. The van der Waals surface area contributed by atoms with E-state index in [1.807, 2.05) is 45.5 Å². The molecular weight excluding hydrogens is 404 g/mol. The van der Waals surface area contributed by atoms with Crippen LogP contribution >= 0.6 is 0 Å². The predicted molar refractivity (Wildman–Crippen MR) is 124 cm³/mol. The van der Waals surface area contributed by atoms with E-state index in [0.717, 1.165) is 16.4 Å². The van der Waals surface area contributed by atoms with E-state index in [9.17, 15) is 9.59 Å². The van der Waals surface area contributed by atoms with Gasteiger partial charge in [-0.2, -0.15) is 0 Å². The Morgan fingerprint density at radius 2 is 1.94 bits per heavy atom. The van der Waals surface area contributed by atoms with E-state index in [0.29, 0.717) is 30.4 Å². The van der Waals surface area contributed by atoms with Crippen LogP contribution in [0, 0.1) is 5.41 Å². The zero-order valence-electron chi connectivity index (χ0n) is 18.6. The van der Waals surface area contributed by atoms with Crippen LogP contribution in [0.3, 0.4) is 0 Å². The molecule has 0 fully saturated rings. The SMILES string of the molecule is CC(C)n1c(NC(=O)c2ccc3cc4n(c3n2)CC(C)(C)CNC4=O)nc2ccccc21. The van der Waals surface area contributed by atoms with Crippen molar-refractivity contribution in [1.29, 1.82) is 0 Å². The molecule has 3 aromatic heterocycles. The Bertz CT molecular complexity index is 1380. The van der Waals surface area contributed by atoms with E-state index in [1.165, 1.54) is 0 Å². The predicted octanol–water partition coefficient (Wildman–Crippen LogP) is 3.99. The molecule has 1 aliphatic rings. The lowest BCUT2D eigenvalue weighted by molar-refractivity contribution is 0.0942. The summed E-state index contributed by atoms with van der Waals surface area (Å²) in [5.74, 6) is 0.0322. The van der Waals surface area contributed by atoms with Crippen molar-refractivity contribution in [1.82, 2.24) is 24.4 Å². The molecule has 0 aliphatic carbocycles. The zero-order chi connectivity index (χ0) is 22.6. The number of pyridine rings is 1. The van der Waals surface area contributed by atoms with Gasteiger partial charge in [0.25, 0.3) is 11.8 Å². The van der Waals surface area contributed by atoms with Crippen LogP contribution in [-0.4, -0.2) is 37.5 Å². The third-order valence-corrected chi connectivity index (χ3v) is 5.86. The molecule has 0 saturated carbocycles. The van der Waals surface area contributed by atoms with E-state index >= 15 is 0 Å². The maximum absolute atomic E-state index is 13.1. The number of para-hydroxylation sites is 2. The van der Waals surface area contributed by atoms with Gasteiger partial charge in [-0.1, -0.05) is 26.0 Å². The highest BCUT2D eigenvalue weighted by molar-refractivity contribution is 6.04. The molecule has 32 heavy (non-hydrogen) atoms. The number of aromatic nitrogens is 4. The first-order valence-electron chi connectivity index (χ1n) is 10.8. The molecule has 0 unspecified atom stereocenters.